The van der Waals surface area contributed by atoms with Crippen molar-refractivity contribution in [2.45, 2.75) is 90.8 Å². The number of nitrogens with zero attached hydrogens (tertiary/aromatic N) is 3. The van der Waals surface area contributed by atoms with Crippen LogP contribution in [0.1, 0.15) is 78.2 Å². The predicted molar refractivity (Wildman–Crippen MR) is 149 cm³/mol. The molecule has 1 aliphatic carbocycles. The van der Waals surface area contributed by atoms with Crippen LogP contribution in [-0.4, -0.2) is 76.2 Å². The van der Waals surface area contributed by atoms with E-state index in [0.717, 1.165) is 37.8 Å². The summed E-state index contributed by atoms with van der Waals surface area (Å²) in [7, 11) is 0. The summed E-state index contributed by atoms with van der Waals surface area (Å²) in [5.74, 6) is -4.51. The van der Waals surface area contributed by atoms with Crippen molar-refractivity contribution in [3.05, 3.63) is 35.4 Å². The van der Waals surface area contributed by atoms with Gasteiger partial charge in [0.25, 0.3) is 0 Å². The van der Waals surface area contributed by atoms with Crippen molar-refractivity contribution in [3.8, 4) is 0 Å². The summed E-state index contributed by atoms with van der Waals surface area (Å²) in [6.45, 7) is 10.0. The van der Waals surface area contributed by atoms with Crippen LogP contribution in [0.3, 0.4) is 0 Å². The summed E-state index contributed by atoms with van der Waals surface area (Å²) in [6.07, 6.45) is 3.75. The van der Waals surface area contributed by atoms with Crippen LogP contribution in [0, 0.1) is 28.4 Å². The van der Waals surface area contributed by atoms with Crippen molar-refractivity contribution >= 4 is 23.8 Å². The molecule has 4 rings (SSSR count). The normalized spacial score (nSPS) is 26.7. The standard InChI is InChI=1S/C30H43F2N5O4/c1-29(2,3)27(40)37(18-8-10-30(4,5)11-9-18)19-13-24(25(33)38)36(14-19)26(39)22-16-35(28(34)41)15-21(22)20-7-6-17(31)12-23(20)32/h6-7,12,18-19,21-22,24H,8-11,13-16H2,1-5H3,(H2,33,38)(H2,34,41)/t19-,21-,22?,24-/m0/s1. The van der Waals surface area contributed by atoms with Crippen LogP contribution < -0.4 is 11.5 Å². The van der Waals surface area contributed by atoms with Gasteiger partial charge in [-0.2, -0.15) is 0 Å². The van der Waals surface area contributed by atoms with Gasteiger partial charge in [0, 0.05) is 43.1 Å². The quantitative estimate of drug-likeness (QED) is 0.558. The molecule has 0 bridgehead atoms. The number of nitrogens with two attached hydrogens (primary N) is 2. The molecule has 0 aromatic heterocycles. The second-order valence-corrected chi connectivity index (χ2v) is 13.8. The molecule has 11 heteroatoms. The summed E-state index contributed by atoms with van der Waals surface area (Å²) in [6, 6.07) is 0.929. The Morgan fingerprint density at radius 3 is 2.15 bits per heavy atom. The van der Waals surface area contributed by atoms with E-state index in [-0.39, 0.29) is 49.0 Å². The summed E-state index contributed by atoms with van der Waals surface area (Å²) in [5.41, 5.74) is 10.9. The van der Waals surface area contributed by atoms with Crippen LogP contribution in [0.15, 0.2) is 18.2 Å². The van der Waals surface area contributed by atoms with E-state index in [0.29, 0.717) is 0 Å². The van der Waals surface area contributed by atoms with Crippen LogP contribution in [0.25, 0.3) is 0 Å². The fourth-order valence-corrected chi connectivity index (χ4v) is 6.77. The molecule has 41 heavy (non-hydrogen) atoms. The predicted octanol–water partition coefficient (Wildman–Crippen LogP) is 3.36. The maximum Gasteiger partial charge on any atom is 0.314 e. The molecule has 4 atom stereocenters. The summed E-state index contributed by atoms with van der Waals surface area (Å²) < 4.78 is 28.5. The molecule has 2 saturated heterocycles. The Morgan fingerprint density at radius 2 is 1.61 bits per heavy atom. The average molecular weight is 576 g/mol. The number of hydrogen-bond donors (Lipinski definition) is 2. The van der Waals surface area contributed by atoms with Gasteiger partial charge in [-0.05, 0) is 49.1 Å². The highest BCUT2D eigenvalue weighted by Crippen LogP contribution is 2.41. The molecule has 9 nitrogen and oxygen atoms in total. The van der Waals surface area contributed by atoms with Crippen molar-refractivity contribution in [1.82, 2.24) is 14.7 Å². The molecule has 1 saturated carbocycles. The number of urea groups is 1. The Labute approximate surface area is 240 Å². The van der Waals surface area contributed by atoms with Gasteiger partial charge in [0.2, 0.25) is 17.7 Å². The molecule has 5 amide bonds. The zero-order chi connectivity index (χ0) is 30.4. The zero-order valence-electron chi connectivity index (χ0n) is 24.7. The molecule has 2 heterocycles. The van der Waals surface area contributed by atoms with E-state index >= 15 is 0 Å². The lowest BCUT2D eigenvalue weighted by atomic mass is 9.74. The first-order chi connectivity index (χ1) is 19.0. The summed E-state index contributed by atoms with van der Waals surface area (Å²) in [4.78, 5) is 57.2. The number of hydrogen-bond acceptors (Lipinski definition) is 4. The molecule has 226 valence electrons. The lowest BCUT2D eigenvalue weighted by Gasteiger charge is -2.45. The van der Waals surface area contributed by atoms with E-state index < -0.39 is 58.8 Å². The van der Waals surface area contributed by atoms with Gasteiger partial charge in [-0.25, -0.2) is 13.6 Å². The number of benzene rings is 1. The zero-order valence-corrected chi connectivity index (χ0v) is 24.7. The number of carbonyl (C=O) groups is 4. The second-order valence-electron chi connectivity index (χ2n) is 13.8. The molecule has 4 N–H and O–H groups in total. The minimum Gasteiger partial charge on any atom is -0.368 e. The Kier molecular flexibility index (Phi) is 8.40. The third-order valence-electron chi connectivity index (χ3n) is 9.17. The molecule has 1 unspecified atom stereocenters. The van der Waals surface area contributed by atoms with Crippen LogP contribution >= 0.6 is 0 Å². The van der Waals surface area contributed by atoms with Crippen molar-refractivity contribution in [2.75, 3.05) is 19.6 Å². The van der Waals surface area contributed by atoms with Gasteiger partial charge in [-0.15, -0.1) is 0 Å². The molecule has 2 aliphatic heterocycles. The number of halogens is 2. The maximum atomic E-state index is 14.9. The van der Waals surface area contributed by atoms with Crippen molar-refractivity contribution < 1.29 is 28.0 Å². The number of likely N-dealkylation sites (tertiary alicyclic amines) is 2. The molecular weight excluding hydrogens is 532 g/mol. The van der Waals surface area contributed by atoms with Crippen LogP contribution in [0.5, 0.6) is 0 Å². The number of primary amides is 2. The molecule has 0 spiro atoms. The smallest absolute Gasteiger partial charge is 0.314 e. The fourth-order valence-electron chi connectivity index (χ4n) is 6.77. The van der Waals surface area contributed by atoms with E-state index in [2.05, 4.69) is 13.8 Å². The van der Waals surface area contributed by atoms with Crippen LogP contribution in [0.2, 0.25) is 0 Å². The molecule has 1 aromatic carbocycles. The second kappa shape index (κ2) is 11.2. The minimum atomic E-state index is -0.968. The fraction of sp³-hybridized carbons (Fsp3) is 0.667. The Hall–Kier alpha value is -3.24. The highest BCUT2D eigenvalue weighted by atomic mass is 19.1. The Morgan fingerprint density at radius 1 is 0.976 bits per heavy atom. The summed E-state index contributed by atoms with van der Waals surface area (Å²) in [5, 5.41) is 0. The van der Waals surface area contributed by atoms with E-state index in [1.54, 1.807) is 0 Å². The van der Waals surface area contributed by atoms with Gasteiger partial charge in [0.05, 0.1) is 12.0 Å². The first-order valence-corrected chi connectivity index (χ1v) is 14.4. The van der Waals surface area contributed by atoms with Gasteiger partial charge in [0.1, 0.15) is 17.7 Å². The first-order valence-electron chi connectivity index (χ1n) is 14.4. The molecular formula is C30H43F2N5O4. The number of rotatable bonds is 5. The minimum absolute atomic E-state index is 0.0266. The summed E-state index contributed by atoms with van der Waals surface area (Å²) >= 11 is 0. The Bertz CT molecular complexity index is 1210. The van der Waals surface area contributed by atoms with Gasteiger partial charge in [-0.3, -0.25) is 14.4 Å². The molecule has 0 radical (unpaired) electrons. The number of amides is 5. The first kappa shape index (κ1) is 30.7. The Balaban J connectivity index is 1.65. The van der Waals surface area contributed by atoms with Gasteiger partial charge < -0.3 is 26.2 Å². The van der Waals surface area contributed by atoms with E-state index in [9.17, 15) is 28.0 Å². The van der Waals surface area contributed by atoms with Crippen molar-refractivity contribution in [1.29, 1.82) is 0 Å². The van der Waals surface area contributed by atoms with Gasteiger partial charge in [-0.1, -0.05) is 40.7 Å². The highest BCUT2D eigenvalue weighted by molar-refractivity contribution is 5.90. The lowest BCUT2D eigenvalue weighted by molar-refractivity contribution is -0.147. The van der Waals surface area contributed by atoms with E-state index in [1.807, 2.05) is 25.7 Å². The van der Waals surface area contributed by atoms with Gasteiger partial charge in [0.15, 0.2) is 0 Å². The third-order valence-corrected chi connectivity index (χ3v) is 9.17. The molecule has 3 fully saturated rings. The lowest BCUT2D eigenvalue weighted by Crippen LogP contribution is -2.54. The molecule has 1 aromatic rings. The number of carbonyl (C=O) groups excluding carboxylic acids is 4. The average Bonchev–Trinajstić information content (AvgIpc) is 3.50. The highest BCUT2D eigenvalue weighted by Gasteiger charge is 2.50. The maximum absolute atomic E-state index is 14.9. The topological polar surface area (TPSA) is 130 Å². The van der Waals surface area contributed by atoms with Crippen LogP contribution in [-0.2, 0) is 14.4 Å². The van der Waals surface area contributed by atoms with E-state index in [4.69, 9.17) is 11.5 Å². The van der Waals surface area contributed by atoms with Gasteiger partial charge >= 0.3 is 6.03 Å². The SMILES string of the molecule is CC1(C)CCC(N(C(=O)C(C)(C)C)[C@H]2C[C@@H](C(N)=O)N(C(=O)C3CN(C(N)=O)C[C@H]3c3ccc(F)cc3F)C2)CC1. The molecule has 3 aliphatic rings. The van der Waals surface area contributed by atoms with Crippen molar-refractivity contribution in [3.63, 3.8) is 0 Å². The van der Waals surface area contributed by atoms with Crippen LogP contribution in [0.4, 0.5) is 13.6 Å². The third kappa shape index (κ3) is 6.33. The van der Waals surface area contributed by atoms with Crippen molar-refractivity contribution in [2.24, 2.45) is 28.2 Å². The largest absolute Gasteiger partial charge is 0.368 e. The monoisotopic (exact) mass is 575 g/mol. The van der Waals surface area contributed by atoms with E-state index in [1.165, 1.54) is 15.9 Å².